The number of nitrogens with zero attached hydrogens (tertiary/aromatic N) is 2. The first-order valence-corrected chi connectivity index (χ1v) is 9.73. The fourth-order valence-electron chi connectivity index (χ4n) is 3.11. The molecule has 0 saturated heterocycles. The Kier molecular flexibility index (Phi) is 6.32. The van der Waals surface area contributed by atoms with E-state index in [0.29, 0.717) is 36.1 Å². The second-order valence-corrected chi connectivity index (χ2v) is 7.37. The molecule has 0 saturated carbocycles. The lowest BCUT2D eigenvalue weighted by molar-refractivity contribution is 0.0697. The fourth-order valence-corrected chi connectivity index (χ4v) is 3.11. The highest BCUT2D eigenvalue weighted by Crippen LogP contribution is 2.34. The minimum absolute atomic E-state index is 0.162. The zero-order chi connectivity index (χ0) is 21.0. The van der Waals surface area contributed by atoms with Gasteiger partial charge in [-0.1, -0.05) is 32.9 Å². The summed E-state index contributed by atoms with van der Waals surface area (Å²) in [5.74, 6) is -0.422. The Labute approximate surface area is 169 Å². The van der Waals surface area contributed by atoms with Gasteiger partial charge in [0.1, 0.15) is 11.6 Å². The molecular formula is C23H25FN2O3. The van der Waals surface area contributed by atoms with Crippen LogP contribution in [0.3, 0.4) is 0 Å². The topological polar surface area (TPSA) is 64.3 Å². The molecule has 0 aliphatic heterocycles. The third-order valence-electron chi connectivity index (χ3n) is 4.40. The summed E-state index contributed by atoms with van der Waals surface area (Å²) >= 11 is 0. The maximum Gasteiger partial charge on any atom is 0.335 e. The average Bonchev–Trinajstić information content (AvgIpc) is 3.09. The van der Waals surface area contributed by atoms with Crippen molar-refractivity contribution >= 4 is 5.97 Å². The van der Waals surface area contributed by atoms with Crippen LogP contribution in [0.4, 0.5) is 4.39 Å². The van der Waals surface area contributed by atoms with E-state index in [-0.39, 0.29) is 11.4 Å². The second-order valence-electron chi connectivity index (χ2n) is 7.37. The Bertz CT molecular complexity index is 1010. The Morgan fingerprint density at radius 1 is 1.21 bits per heavy atom. The first kappa shape index (κ1) is 20.6. The molecule has 3 rings (SSSR count). The number of carboxylic acids is 1. The molecule has 0 atom stereocenters. The molecule has 2 aromatic carbocycles. The van der Waals surface area contributed by atoms with Gasteiger partial charge in [0, 0.05) is 17.7 Å². The minimum atomic E-state index is -1.01. The number of carboxylic acid groups (broad SMARTS) is 1. The van der Waals surface area contributed by atoms with E-state index in [0.717, 1.165) is 17.7 Å². The molecule has 0 aliphatic rings. The van der Waals surface area contributed by atoms with Crippen molar-refractivity contribution in [3.05, 3.63) is 59.9 Å². The van der Waals surface area contributed by atoms with Crippen LogP contribution in [0.1, 0.15) is 37.6 Å². The molecule has 6 heteroatoms. The Morgan fingerprint density at radius 3 is 2.66 bits per heavy atom. The van der Waals surface area contributed by atoms with Gasteiger partial charge in [-0.25, -0.2) is 9.18 Å². The SMILES string of the molecule is CCCOc1ccc(C(=O)O)cc1-c1cc(-c2cccc(F)c2)n(CC(C)C)n1. The molecule has 5 nitrogen and oxygen atoms in total. The molecule has 0 radical (unpaired) electrons. The van der Waals surface area contributed by atoms with Gasteiger partial charge in [-0.3, -0.25) is 4.68 Å². The van der Waals surface area contributed by atoms with Gasteiger partial charge in [0.25, 0.3) is 0 Å². The van der Waals surface area contributed by atoms with Gasteiger partial charge in [-0.15, -0.1) is 0 Å². The summed E-state index contributed by atoms with van der Waals surface area (Å²) in [6, 6.07) is 13.0. The fraction of sp³-hybridized carbons (Fsp3) is 0.304. The van der Waals surface area contributed by atoms with Crippen LogP contribution in [-0.2, 0) is 6.54 Å². The lowest BCUT2D eigenvalue weighted by Crippen LogP contribution is -2.08. The molecule has 29 heavy (non-hydrogen) atoms. The van der Waals surface area contributed by atoms with Crippen molar-refractivity contribution in [2.24, 2.45) is 5.92 Å². The zero-order valence-electron chi connectivity index (χ0n) is 16.9. The van der Waals surface area contributed by atoms with Crippen molar-refractivity contribution in [2.75, 3.05) is 6.61 Å². The third-order valence-corrected chi connectivity index (χ3v) is 4.40. The summed E-state index contributed by atoms with van der Waals surface area (Å²) < 4.78 is 21.5. The molecule has 0 bridgehead atoms. The van der Waals surface area contributed by atoms with Gasteiger partial charge >= 0.3 is 5.97 Å². The molecule has 0 spiro atoms. The van der Waals surface area contributed by atoms with Crippen molar-refractivity contribution in [3.63, 3.8) is 0 Å². The number of ether oxygens (including phenoxy) is 1. The van der Waals surface area contributed by atoms with Crippen molar-refractivity contribution < 1.29 is 19.0 Å². The highest BCUT2D eigenvalue weighted by atomic mass is 19.1. The molecule has 1 heterocycles. The number of hydrogen-bond donors (Lipinski definition) is 1. The molecule has 0 amide bonds. The maximum absolute atomic E-state index is 13.8. The number of rotatable bonds is 8. The van der Waals surface area contributed by atoms with Crippen LogP contribution in [0.15, 0.2) is 48.5 Å². The number of benzene rings is 2. The number of carbonyl (C=O) groups is 1. The van der Waals surface area contributed by atoms with Crippen LogP contribution in [0.2, 0.25) is 0 Å². The number of halogens is 1. The van der Waals surface area contributed by atoms with E-state index in [9.17, 15) is 14.3 Å². The highest BCUT2D eigenvalue weighted by Gasteiger charge is 2.18. The van der Waals surface area contributed by atoms with Crippen LogP contribution < -0.4 is 4.74 Å². The van der Waals surface area contributed by atoms with Gasteiger partial charge in [-0.05, 0) is 48.7 Å². The van der Waals surface area contributed by atoms with E-state index in [1.807, 2.05) is 23.7 Å². The molecule has 0 fully saturated rings. The van der Waals surface area contributed by atoms with E-state index in [2.05, 4.69) is 13.8 Å². The van der Waals surface area contributed by atoms with E-state index in [4.69, 9.17) is 9.84 Å². The van der Waals surface area contributed by atoms with Crippen LogP contribution in [-0.4, -0.2) is 27.5 Å². The number of aromatic carboxylic acids is 1. The van der Waals surface area contributed by atoms with Crippen molar-refractivity contribution in [1.29, 1.82) is 0 Å². The second kappa shape index (κ2) is 8.90. The molecule has 1 aromatic heterocycles. The predicted molar refractivity (Wildman–Crippen MR) is 111 cm³/mol. The molecular weight excluding hydrogens is 371 g/mol. The summed E-state index contributed by atoms with van der Waals surface area (Å²) in [5, 5.41) is 14.1. The van der Waals surface area contributed by atoms with Crippen LogP contribution in [0, 0.1) is 11.7 Å². The van der Waals surface area contributed by atoms with Crippen LogP contribution in [0.25, 0.3) is 22.5 Å². The molecule has 0 aliphatic carbocycles. The molecule has 1 N–H and O–H groups in total. The van der Waals surface area contributed by atoms with Crippen molar-refractivity contribution in [2.45, 2.75) is 33.7 Å². The molecule has 0 unspecified atom stereocenters. The summed E-state index contributed by atoms with van der Waals surface area (Å²) in [6.45, 7) is 7.33. The minimum Gasteiger partial charge on any atom is -0.493 e. The van der Waals surface area contributed by atoms with Gasteiger partial charge in [0.2, 0.25) is 0 Å². The van der Waals surface area contributed by atoms with Crippen LogP contribution >= 0.6 is 0 Å². The Morgan fingerprint density at radius 2 is 2.00 bits per heavy atom. The zero-order valence-corrected chi connectivity index (χ0v) is 16.9. The summed E-state index contributed by atoms with van der Waals surface area (Å²) in [5.41, 5.74) is 2.86. The Balaban J connectivity index is 2.15. The first-order valence-electron chi connectivity index (χ1n) is 9.73. The van der Waals surface area contributed by atoms with E-state index in [1.54, 1.807) is 18.2 Å². The standard InChI is InChI=1S/C23H25FN2O3/c1-4-10-29-22-9-8-17(23(27)28)12-19(22)20-13-21(26(25-20)14-15(2)3)16-6-5-7-18(24)11-16/h5-9,11-13,15H,4,10,14H2,1-3H3,(H,27,28). The van der Waals surface area contributed by atoms with E-state index in [1.165, 1.54) is 18.2 Å². The first-order chi connectivity index (χ1) is 13.9. The summed E-state index contributed by atoms with van der Waals surface area (Å²) in [7, 11) is 0. The largest absolute Gasteiger partial charge is 0.493 e. The highest BCUT2D eigenvalue weighted by molar-refractivity contribution is 5.90. The molecule has 3 aromatic rings. The summed E-state index contributed by atoms with van der Waals surface area (Å²) in [6.07, 6.45) is 0.830. The summed E-state index contributed by atoms with van der Waals surface area (Å²) in [4.78, 5) is 11.5. The third kappa shape index (κ3) is 4.83. The van der Waals surface area contributed by atoms with Gasteiger partial charge in [0.15, 0.2) is 0 Å². The Hall–Kier alpha value is -3.15. The lowest BCUT2D eigenvalue weighted by atomic mass is 10.0. The number of hydrogen-bond acceptors (Lipinski definition) is 3. The monoisotopic (exact) mass is 396 g/mol. The van der Waals surface area contributed by atoms with Crippen molar-refractivity contribution in [3.8, 4) is 28.3 Å². The quantitative estimate of drug-likeness (QED) is 0.546. The predicted octanol–water partition coefficient (Wildman–Crippen LogP) is 5.50. The van der Waals surface area contributed by atoms with E-state index >= 15 is 0 Å². The molecule has 152 valence electrons. The van der Waals surface area contributed by atoms with Crippen LogP contribution in [0.5, 0.6) is 5.75 Å². The van der Waals surface area contributed by atoms with Gasteiger partial charge in [0.05, 0.1) is 23.6 Å². The normalized spacial score (nSPS) is 11.1. The number of aromatic nitrogens is 2. The van der Waals surface area contributed by atoms with E-state index < -0.39 is 5.97 Å². The lowest BCUT2D eigenvalue weighted by Gasteiger charge is -2.11. The van der Waals surface area contributed by atoms with Gasteiger partial charge in [-0.2, -0.15) is 5.10 Å². The van der Waals surface area contributed by atoms with Gasteiger partial charge < -0.3 is 9.84 Å². The van der Waals surface area contributed by atoms with Crippen molar-refractivity contribution in [1.82, 2.24) is 9.78 Å². The maximum atomic E-state index is 13.8. The smallest absolute Gasteiger partial charge is 0.335 e. The average molecular weight is 396 g/mol.